The van der Waals surface area contributed by atoms with E-state index in [1.54, 1.807) is 6.20 Å². The standard InChI is InChI=1S/C12H19N5O/c1-3-9(8-18)15-11-12-14-5-6-17(12)7-10(16-11)13-4-2/h5-7,9,13,18H,3-4,8H2,1-2H3,(H,15,16). The molecule has 0 saturated heterocycles. The molecule has 1 unspecified atom stereocenters. The summed E-state index contributed by atoms with van der Waals surface area (Å²) in [4.78, 5) is 8.75. The first kappa shape index (κ1) is 12.6. The van der Waals surface area contributed by atoms with E-state index in [9.17, 15) is 5.11 Å². The summed E-state index contributed by atoms with van der Waals surface area (Å²) in [7, 11) is 0. The van der Waals surface area contributed by atoms with Gasteiger partial charge in [-0.05, 0) is 13.3 Å². The first-order valence-corrected chi connectivity index (χ1v) is 6.23. The molecule has 0 aliphatic heterocycles. The molecule has 2 aromatic heterocycles. The van der Waals surface area contributed by atoms with E-state index in [4.69, 9.17) is 0 Å². The maximum atomic E-state index is 9.25. The lowest BCUT2D eigenvalue weighted by Gasteiger charge is -2.16. The van der Waals surface area contributed by atoms with Crippen molar-refractivity contribution < 1.29 is 5.11 Å². The van der Waals surface area contributed by atoms with Crippen LogP contribution in [0.4, 0.5) is 11.6 Å². The van der Waals surface area contributed by atoms with Gasteiger partial charge in [0.05, 0.1) is 18.8 Å². The van der Waals surface area contributed by atoms with Crippen molar-refractivity contribution in [2.24, 2.45) is 0 Å². The molecule has 0 bridgehead atoms. The number of hydrogen-bond donors (Lipinski definition) is 3. The van der Waals surface area contributed by atoms with Crippen LogP contribution in [0.1, 0.15) is 20.3 Å². The van der Waals surface area contributed by atoms with Crippen LogP contribution in [0.5, 0.6) is 0 Å². The third kappa shape index (κ3) is 2.53. The second kappa shape index (κ2) is 5.68. The molecular formula is C12H19N5O. The van der Waals surface area contributed by atoms with Crippen molar-refractivity contribution >= 4 is 17.3 Å². The molecule has 2 aromatic rings. The molecule has 18 heavy (non-hydrogen) atoms. The van der Waals surface area contributed by atoms with E-state index in [0.29, 0.717) is 5.82 Å². The van der Waals surface area contributed by atoms with Crippen molar-refractivity contribution in [1.29, 1.82) is 0 Å². The molecule has 3 N–H and O–H groups in total. The quantitative estimate of drug-likeness (QED) is 0.720. The highest BCUT2D eigenvalue weighted by molar-refractivity contribution is 5.65. The van der Waals surface area contributed by atoms with E-state index < -0.39 is 0 Å². The summed E-state index contributed by atoms with van der Waals surface area (Å²) in [5, 5.41) is 15.6. The molecule has 0 aliphatic rings. The first-order valence-electron chi connectivity index (χ1n) is 6.23. The van der Waals surface area contributed by atoms with Crippen LogP contribution in [0.25, 0.3) is 5.65 Å². The van der Waals surface area contributed by atoms with Crippen LogP contribution in [0.3, 0.4) is 0 Å². The van der Waals surface area contributed by atoms with Gasteiger partial charge in [-0.2, -0.15) is 0 Å². The molecule has 0 aliphatic carbocycles. The Labute approximate surface area is 106 Å². The lowest BCUT2D eigenvalue weighted by atomic mass is 10.2. The molecule has 98 valence electrons. The van der Waals surface area contributed by atoms with E-state index in [1.807, 2.05) is 30.6 Å². The third-order valence-corrected chi connectivity index (χ3v) is 2.79. The molecule has 6 heteroatoms. The molecule has 0 spiro atoms. The van der Waals surface area contributed by atoms with Crippen LogP contribution in [0.15, 0.2) is 18.6 Å². The van der Waals surface area contributed by atoms with Gasteiger partial charge in [0.2, 0.25) is 0 Å². The fourth-order valence-corrected chi connectivity index (χ4v) is 1.76. The number of aliphatic hydroxyl groups is 1. The smallest absolute Gasteiger partial charge is 0.180 e. The van der Waals surface area contributed by atoms with Gasteiger partial charge in [0.1, 0.15) is 5.82 Å². The zero-order valence-corrected chi connectivity index (χ0v) is 10.7. The number of aromatic nitrogens is 3. The number of imidazole rings is 1. The van der Waals surface area contributed by atoms with E-state index in [-0.39, 0.29) is 12.6 Å². The lowest BCUT2D eigenvalue weighted by molar-refractivity contribution is 0.271. The maximum absolute atomic E-state index is 9.25. The Morgan fingerprint density at radius 3 is 2.94 bits per heavy atom. The van der Waals surface area contributed by atoms with Crippen molar-refractivity contribution in [2.45, 2.75) is 26.3 Å². The Morgan fingerprint density at radius 1 is 1.44 bits per heavy atom. The van der Waals surface area contributed by atoms with E-state index in [1.165, 1.54) is 0 Å². The summed E-state index contributed by atoms with van der Waals surface area (Å²) >= 11 is 0. The third-order valence-electron chi connectivity index (χ3n) is 2.79. The van der Waals surface area contributed by atoms with Crippen LogP contribution in [-0.2, 0) is 0 Å². The van der Waals surface area contributed by atoms with Crippen LogP contribution in [-0.4, -0.2) is 38.7 Å². The number of aliphatic hydroxyl groups excluding tert-OH is 1. The van der Waals surface area contributed by atoms with Gasteiger partial charge in [-0.15, -0.1) is 0 Å². The number of nitrogens with zero attached hydrogens (tertiary/aromatic N) is 3. The van der Waals surface area contributed by atoms with Gasteiger partial charge < -0.3 is 20.1 Å². The molecule has 2 rings (SSSR count). The number of fused-ring (bicyclic) bond motifs is 1. The molecule has 0 amide bonds. The van der Waals surface area contributed by atoms with E-state index >= 15 is 0 Å². The molecule has 1 atom stereocenters. The minimum absolute atomic E-state index is 0.00474. The Balaban J connectivity index is 2.36. The highest BCUT2D eigenvalue weighted by Gasteiger charge is 2.11. The zero-order valence-electron chi connectivity index (χ0n) is 10.7. The van der Waals surface area contributed by atoms with Gasteiger partial charge in [0.15, 0.2) is 11.5 Å². The summed E-state index contributed by atoms with van der Waals surface area (Å²) in [6.07, 6.45) is 6.34. The van der Waals surface area contributed by atoms with Crippen LogP contribution in [0.2, 0.25) is 0 Å². The molecule has 0 radical (unpaired) electrons. The minimum Gasteiger partial charge on any atom is -0.394 e. The van der Waals surface area contributed by atoms with Gasteiger partial charge in [0.25, 0.3) is 0 Å². The molecule has 0 aromatic carbocycles. The van der Waals surface area contributed by atoms with Gasteiger partial charge in [-0.25, -0.2) is 9.97 Å². The second-order valence-corrected chi connectivity index (χ2v) is 4.10. The second-order valence-electron chi connectivity index (χ2n) is 4.10. The normalized spacial score (nSPS) is 12.6. The fraction of sp³-hybridized carbons (Fsp3) is 0.500. The summed E-state index contributed by atoms with van der Waals surface area (Å²) < 4.78 is 1.91. The van der Waals surface area contributed by atoms with Crippen molar-refractivity contribution in [2.75, 3.05) is 23.8 Å². The highest BCUT2D eigenvalue weighted by atomic mass is 16.3. The lowest BCUT2D eigenvalue weighted by Crippen LogP contribution is -2.24. The predicted octanol–water partition coefficient (Wildman–Crippen LogP) is 1.34. The highest BCUT2D eigenvalue weighted by Crippen LogP contribution is 2.17. The maximum Gasteiger partial charge on any atom is 0.180 e. The molecule has 6 nitrogen and oxygen atoms in total. The Hall–Kier alpha value is -1.82. The Kier molecular flexibility index (Phi) is 3.99. The summed E-state index contributed by atoms with van der Waals surface area (Å²) in [6, 6.07) is -0.00474. The molecule has 0 saturated carbocycles. The average molecular weight is 249 g/mol. The van der Waals surface area contributed by atoms with E-state index in [0.717, 1.165) is 24.4 Å². The Morgan fingerprint density at radius 2 is 2.28 bits per heavy atom. The van der Waals surface area contributed by atoms with Crippen molar-refractivity contribution in [3.8, 4) is 0 Å². The van der Waals surface area contributed by atoms with Gasteiger partial charge in [-0.3, -0.25) is 0 Å². The first-order chi connectivity index (χ1) is 8.78. The topological polar surface area (TPSA) is 74.5 Å². The number of hydrogen-bond acceptors (Lipinski definition) is 5. The molecular weight excluding hydrogens is 230 g/mol. The summed E-state index contributed by atoms with van der Waals surface area (Å²) in [5.74, 6) is 1.48. The monoisotopic (exact) mass is 249 g/mol. The van der Waals surface area contributed by atoms with E-state index in [2.05, 4.69) is 20.6 Å². The Bertz CT molecular complexity index is 506. The SMILES string of the molecule is CCNc1cn2ccnc2c(NC(CC)CO)n1. The van der Waals surface area contributed by atoms with Crippen molar-refractivity contribution in [3.63, 3.8) is 0 Å². The minimum atomic E-state index is -0.00474. The zero-order chi connectivity index (χ0) is 13.0. The number of anilines is 2. The number of nitrogens with one attached hydrogen (secondary N) is 2. The van der Waals surface area contributed by atoms with Crippen molar-refractivity contribution in [1.82, 2.24) is 14.4 Å². The average Bonchev–Trinajstić information content (AvgIpc) is 2.84. The largest absolute Gasteiger partial charge is 0.394 e. The fourth-order valence-electron chi connectivity index (χ4n) is 1.76. The van der Waals surface area contributed by atoms with Crippen LogP contribution in [0, 0.1) is 0 Å². The van der Waals surface area contributed by atoms with Gasteiger partial charge >= 0.3 is 0 Å². The van der Waals surface area contributed by atoms with Gasteiger partial charge in [-0.1, -0.05) is 6.92 Å². The summed E-state index contributed by atoms with van der Waals surface area (Å²) in [5.41, 5.74) is 0.767. The number of rotatable bonds is 6. The van der Waals surface area contributed by atoms with Crippen LogP contribution >= 0.6 is 0 Å². The van der Waals surface area contributed by atoms with Gasteiger partial charge in [0, 0.05) is 18.9 Å². The van der Waals surface area contributed by atoms with Crippen LogP contribution < -0.4 is 10.6 Å². The predicted molar refractivity (Wildman–Crippen MR) is 71.9 cm³/mol. The molecule has 0 fully saturated rings. The summed E-state index contributed by atoms with van der Waals surface area (Å²) in [6.45, 7) is 4.93. The van der Waals surface area contributed by atoms with Crippen molar-refractivity contribution in [3.05, 3.63) is 18.6 Å². The molecule has 2 heterocycles.